The number of carbonyl (C=O) groups is 1. The molecule has 1 aromatic carbocycles. The van der Waals surface area contributed by atoms with Gasteiger partial charge in [0.1, 0.15) is 0 Å². The van der Waals surface area contributed by atoms with Crippen LogP contribution in [-0.2, 0) is 0 Å². The van der Waals surface area contributed by atoms with Crippen molar-refractivity contribution in [1.29, 1.82) is 0 Å². The molecule has 1 unspecified atom stereocenters. The van der Waals surface area contributed by atoms with E-state index in [-0.39, 0.29) is 11.9 Å². The van der Waals surface area contributed by atoms with E-state index in [1.54, 1.807) is 17.1 Å². The first-order valence-electron chi connectivity index (χ1n) is 8.37. The molecule has 3 heterocycles. The fraction of sp³-hybridized carbons (Fsp3) is 0.353. The van der Waals surface area contributed by atoms with Gasteiger partial charge < -0.3 is 9.42 Å². The smallest absolute Gasteiger partial charge is 0.254 e. The summed E-state index contributed by atoms with van der Waals surface area (Å²) in [6, 6.07) is 7.23. The SMILES string of the molecule is O=C(c1ccc(-n2ccnn2)cc1)N1CCCCCC1c1ncon1. The highest BCUT2D eigenvalue weighted by Gasteiger charge is 2.30. The first-order valence-corrected chi connectivity index (χ1v) is 8.37. The number of likely N-dealkylation sites (tertiary alicyclic amines) is 1. The molecule has 0 saturated carbocycles. The maximum Gasteiger partial charge on any atom is 0.254 e. The minimum atomic E-state index is -0.135. The Bertz CT molecular complexity index is 813. The molecule has 3 aromatic rings. The number of rotatable bonds is 3. The summed E-state index contributed by atoms with van der Waals surface area (Å²) < 4.78 is 6.54. The van der Waals surface area contributed by atoms with E-state index >= 15 is 0 Å². The van der Waals surface area contributed by atoms with Crippen LogP contribution in [0.15, 0.2) is 47.6 Å². The van der Waals surface area contributed by atoms with Crippen molar-refractivity contribution >= 4 is 5.91 Å². The highest BCUT2D eigenvalue weighted by atomic mass is 16.5. The van der Waals surface area contributed by atoms with Crippen molar-refractivity contribution < 1.29 is 9.32 Å². The number of amides is 1. The Morgan fingerprint density at radius 2 is 2.04 bits per heavy atom. The molecule has 0 aliphatic carbocycles. The van der Waals surface area contributed by atoms with Crippen LogP contribution >= 0.6 is 0 Å². The first kappa shape index (κ1) is 15.5. The molecule has 1 aliphatic heterocycles. The van der Waals surface area contributed by atoms with E-state index in [9.17, 15) is 4.79 Å². The summed E-state index contributed by atoms with van der Waals surface area (Å²) in [5, 5.41) is 11.7. The highest BCUT2D eigenvalue weighted by molar-refractivity contribution is 5.94. The van der Waals surface area contributed by atoms with Crippen LogP contribution in [0.25, 0.3) is 5.69 Å². The third-order valence-corrected chi connectivity index (χ3v) is 4.49. The third-order valence-electron chi connectivity index (χ3n) is 4.49. The van der Waals surface area contributed by atoms with Gasteiger partial charge in [-0.3, -0.25) is 4.79 Å². The molecular formula is C17H18N6O2. The van der Waals surface area contributed by atoms with Gasteiger partial charge in [0.25, 0.3) is 5.91 Å². The Morgan fingerprint density at radius 1 is 1.16 bits per heavy atom. The average Bonchev–Trinajstić information content (AvgIpc) is 3.32. The van der Waals surface area contributed by atoms with Crippen molar-refractivity contribution in [2.45, 2.75) is 31.7 Å². The molecule has 1 saturated heterocycles. The van der Waals surface area contributed by atoms with Crippen LogP contribution in [0, 0.1) is 0 Å². The fourth-order valence-electron chi connectivity index (χ4n) is 3.21. The number of carbonyl (C=O) groups excluding carboxylic acids is 1. The van der Waals surface area contributed by atoms with Crippen LogP contribution in [0.5, 0.6) is 0 Å². The van der Waals surface area contributed by atoms with E-state index < -0.39 is 0 Å². The van der Waals surface area contributed by atoms with E-state index in [1.165, 1.54) is 6.39 Å². The summed E-state index contributed by atoms with van der Waals surface area (Å²) in [5.41, 5.74) is 1.50. The Morgan fingerprint density at radius 3 is 2.76 bits per heavy atom. The Hall–Kier alpha value is -3.03. The normalized spacial score (nSPS) is 18.1. The largest absolute Gasteiger partial charge is 0.343 e. The second kappa shape index (κ2) is 6.84. The topological polar surface area (TPSA) is 89.9 Å². The number of hydrogen-bond donors (Lipinski definition) is 0. The second-order valence-corrected chi connectivity index (χ2v) is 6.05. The summed E-state index contributed by atoms with van der Waals surface area (Å²) in [6.07, 6.45) is 8.68. The molecule has 2 aromatic heterocycles. The highest BCUT2D eigenvalue weighted by Crippen LogP contribution is 2.29. The Balaban J connectivity index is 1.59. The van der Waals surface area contributed by atoms with E-state index in [0.717, 1.165) is 31.4 Å². The zero-order valence-corrected chi connectivity index (χ0v) is 13.7. The molecule has 8 heteroatoms. The first-order chi connectivity index (χ1) is 12.3. The predicted molar refractivity (Wildman–Crippen MR) is 87.9 cm³/mol. The fourth-order valence-corrected chi connectivity index (χ4v) is 3.21. The molecule has 0 N–H and O–H groups in total. The lowest BCUT2D eigenvalue weighted by molar-refractivity contribution is 0.0670. The van der Waals surface area contributed by atoms with Gasteiger partial charge in [-0.1, -0.05) is 23.2 Å². The molecule has 1 amide bonds. The standard InChI is InChI=1S/C17H18N6O2/c24-17(13-5-7-14(8-6-13)23-11-9-19-21-23)22-10-3-1-2-4-15(22)16-18-12-25-20-16/h5-9,11-12,15H,1-4,10H2. The quantitative estimate of drug-likeness (QED) is 0.728. The van der Waals surface area contributed by atoms with Gasteiger partial charge in [0, 0.05) is 12.1 Å². The monoisotopic (exact) mass is 338 g/mol. The molecular weight excluding hydrogens is 320 g/mol. The van der Waals surface area contributed by atoms with E-state index in [1.807, 2.05) is 29.2 Å². The minimum absolute atomic E-state index is 0.0122. The number of aromatic nitrogens is 5. The molecule has 8 nitrogen and oxygen atoms in total. The maximum atomic E-state index is 13.1. The van der Waals surface area contributed by atoms with Crippen LogP contribution < -0.4 is 0 Å². The number of benzene rings is 1. The van der Waals surface area contributed by atoms with Crippen molar-refractivity contribution in [3.05, 3.63) is 54.4 Å². The maximum absolute atomic E-state index is 13.1. The lowest BCUT2D eigenvalue weighted by atomic mass is 10.1. The molecule has 1 fully saturated rings. The van der Waals surface area contributed by atoms with Crippen molar-refractivity contribution in [2.24, 2.45) is 0 Å². The zero-order chi connectivity index (χ0) is 17.1. The molecule has 0 spiro atoms. The third kappa shape index (κ3) is 3.15. The molecule has 1 aliphatic rings. The van der Waals surface area contributed by atoms with Crippen LogP contribution in [-0.4, -0.2) is 42.5 Å². The van der Waals surface area contributed by atoms with Gasteiger partial charge in [-0.05, 0) is 37.1 Å². The summed E-state index contributed by atoms with van der Waals surface area (Å²) in [7, 11) is 0. The Kier molecular flexibility index (Phi) is 4.24. The van der Waals surface area contributed by atoms with Crippen LogP contribution in [0.4, 0.5) is 0 Å². The predicted octanol–water partition coefficient (Wildman–Crippen LogP) is 2.41. The van der Waals surface area contributed by atoms with Gasteiger partial charge in [-0.2, -0.15) is 4.98 Å². The van der Waals surface area contributed by atoms with E-state index in [0.29, 0.717) is 17.9 Å². The lowest BCUT2D eigenvalue weighted by Gasteiger charge is -2.28. The summed E-state index contributed by atoms with van der Waals surface area (Å²) in [4.78, 5) is 19.1. The molecule has 0 bridgehead atoms. The van der Waals surface area contributed by atoms with Crippen LogP contribution in [0.2, 0.25) is 0 Å². The van der Waals surface area contributed by atoms with Gasteiger partial charge in [-0.25, -0.2) is 4.68 Å². The Labute approximate surface area is 144 Å². The second-order valence-electron chi connectivity index (χ2n) is 6.05. The van der Waals surface area contributed by atoms with Gasteiger partial charge in [0.05, 0.1) is 24.1 Å². The summed E-state index contributed by atoms with van der Waals surface area (Å²) in [5.74, 6) is 0.566. The molecule has 0 radical (unpaired) electrons. The molecule has 25 heavy (non-hydrogen) atoms. The van der Waals surface area contributed by atoms with E-state index in [2.05, 4.69) is 20.5 Å². The van der Waals surface area contributed by atoms with Gasteiger partial charge in [0.15, 0.2) is 5.82 Å². The molecule has 128 valence electrons. The van der Waals surface area contributed by atoms with Crippen LogP contribution in [0.3, 0.4) is 0 Å². The van der Waals surface area contributed by atoms with Crippen LogP contribution in [0.1, 0.15) is 47.9 Å². The zero-order valence-electron chi connectivity index (χ0n) is 13.7. The van der Waals surface area contributed by atoms with E-state index in [4.69, 9.17) is 4.52 Å². The van der Waals surface area contributed by atoms with Crippen molar-refractivity contribution in [1.82, 2.24) is 30.0 Å². The van der Waals surface area contributed by atoms with Crippen molar-refractivity contribution in [2.75, 3.05) is 6.54 Å². The average molecular weight is 338 g/mol. The lowest BCUT2D eigenvalue weighted by Crippen LogP contribution is -2.35. The summed E-state index contributed by atoms with van der Waals surface area (Å²) in [6.45, 7) is 0.697. The minimum Gasteiger partial charge on any atom is -0.343 e. The van der Waals surface area contributed by atoms with Crippen molar-refractivity contribution in [3.8, 4) is 5.69 Å². The molecule has 1 atom stereocenters. The van der Waals surface area contributed by atoms with Gasteiger partial charge in [0.2, 0.25) is 6.39 Å². The van der Waals surface area contributed by atoms with Gasteiger partial charge in [-0.15, -0.1) is 5.10 Å². The van der Waals surface area contributed by atoms with Crippen molar-refractivity contribution in [3.63, 3.8) is 0 Å². The summed E-state index contributed by atoms with van der Waals surface area (Å²) >= 11 is 0. The number of hydrogen-bond acceptors (Lipinski definition) is 6. The number of nitrogens with zero attached hydrogens (tertiary/aromatic N) is 6. The molecule has 4 rings (SSSR count). The van der Waals surface area contributed by atoms with Gasteiger partial charge >= 0.3 is 0 Å².